The lowest BCUT2D eigenvalue weighted by Crippen LogP contribution is -1.96. The summed E-state index contributed by atoms with van der Waals surface area (Å²) >= 11 is 5.64. The van der Waals surface area contributed by atoms with Gasteiger partial charge < -0.3 is 10.4 Å². The Balaban J connectivity index is 0.000000497. The molecule has 3 aromatic rings. The number of nitrogens with one attached hydrogen (secondary N) is 1. The maximum Gasteiger partial charge on any atom is 0.290 e. The van der Waals surface area contributed by atoms with E-state index in [9.17, 15) is 0 Å². The number of rotatable bonds is 2. The summed E-state index contributed by atoms with van der Waals surface area (Å²) in [6.45, 7) is -0.250. The number of carboxylic acid groups (broad SMARTS) is 1. The summed E-state index contributed by atoms with van der Waals surface area (Å²) in [4.78, 5) is 20.5. The van der Waals surface area contributed by atoms with Gasteiger partial charge >= 0.3 is 0 Å². The number of aromatic nitrogens is 3. The number of pyridine rings is 1. The van der Waals surface area contributed by atoms with Gasteiger partial charge in [0.05, 0.1) is 18.1 Å². The van der Waals surface area contributed by atoms with Gasteiger partial charge in [0, 0.05) is 11.6 Å². The lowest BCUT2D eigenvalue weighted by atomic mass is 10.1. The fourth-order valence-electron chi connectivity index (χ4n) is 1.73. The Morgan fingerprint density at radius 2 is 1.76 bits per heavy atom. The van der Waals surface area contributed by atoms with Crippen LogP contribution in [0.25, 0.3) is 10.8 Å². The molecule has 2 N–H and O–H groups in total. The van der Waals surface area contributed by atoms with Gasteiger partial charge in [0.25, 0.3) is 6.47 Å². The number of carbonyl (C=O) groups is 1. The molecule has 0 spiro atoms. The van der Waals surface area contributed by atoms with E-state index in [1.54, 1.807) is 18.6 Å². The van der Waals surface area contributed by atoms with Crippen LogP contribution in [0, 0.1) is 0 Å². The molecule has 1 aromatic carbocycles. The lowest BCUT2D eigenvalue weighted by Gasteiger charge is -2.07. The Kier molecular flexibility index (Phi) is 5.00. The highest BCUT2D eigenvalue weighted by Crippen LogP contribution is 2.23. The molecule has 2 aromatic heterocycles. The molecule has 0 radical (unpaired) electrons. The molecule has 0 saturated carbocycles. The Morgan fingerprint density at radius 3 is 2.48 bits per heavy atom. The number of benzene rings is 1. The largest absolute Gasteiger partial charge is 0.483 e. The molecule has 0 bridgehead atoms. The molecule has 106 valence electrons. The second kappa shape index (κ2) is 7.16. The van der Waals surface area contributed by atoms with Crippen molar-refractivity contribution in [2.45, 2.75) is 0 Å². The van der Waals surface area contributed by atoms with E-state index < -0.39 is 0 Å². The van der Waals surface area contributed by atoms with Crippen LogP contribution in [-0.2, 0) is 4.79 Å². The van der Waals surface area contributed by atoms with Gasteiger partial charge in [-0.2, -0.15) is 0 Å². The smallest absolute Gasteiger partial charge is 0.290 e. The van der Waals surface area contributed by atoms with E-state index in [0.717, 1.165) is 22.3 Å². The van der Waals surface area contributed by atoms with Crippen LogP contribution in [0.4, 0.5) is 11.5 Å². The summed E-state index contributed by atoms with van der Waals surface area (Å²) < 4.78 is 0. The SMILES string of the molecule is Clc1ncc(Nc2nccc3ccccc23)cn1.O=CO. The van der Waals surface area contributed by atoms with E-state index in [4.69, 9.17) is 21.5 Å². The molecular weight excluding hydrogens is 292 g/mol. The first kappa shape index (κ1) is 14.7. The first-order chi connectivity index (χ1) is 10.2. The van der Waals surface area contributed by atoms with Gasteiger partial charge in [-0.15, -0.1) is 0 Å². The average Bonchev–Trinajstić information content (AvgIpc) is 2.51. The summed E-state index contributed by atoms with van der Waals surface area (Å²) in [5.41, 5.74) is 0.753. The third-order valence-corrected chi connectivity index (χ3v) is 2.75. The molecule has 2 heterocycles. The van der Waals surface area contributed by atoms with Crippen LogP contribution in [0.1, 0.15) is 0 Å². The molecule has 0 unspecified atom stereocenters. The third kappa shape index (κ3) is 3.87. The Bertz CT molecular complexity index is 729. The predicted octanol–water partition coefficient (Wildman–Crippen LogP) is 3.12. The van der Waals surface area contributed by atoms with Crippen molar-refractivity contribution >= 4 is 40.4 Å². The van der Waals surface area contributed by atoms with E-state index in [2.05, 4.69) is 20.3 Å². The summed E-state index contributed by atoms with van der Waals surface area (Å²) in [7, 11) is 0. The molecule has 0 aliphatic rings. The Hall–Kier alpha value is -2.73. The van der Waals surface area contributed by atoms with Crippen molar-refractivity contribution in [2.24, 2.45) is 0 Å². The minimum absolute atomic E-state index is 0.228. The monoisotopic (exact) mass is 302 g/mol. The highest BCUT2D eigenvalue weighted by molar-refractivity contribution is 6.28. The van der Waals surface area contributed by atoms with Crippen LogP contribution in [-0.4, -0.2) is 26.5 Å². The van der Waals surface area contributed by atoms with Crippen LogP contribution < -0.4 is 5.32 Å². The molecule has 6 nitrogen and oxygen atoms in total. The van der Waals surface area contributed by atoms with Crippen molar-refractivity contribution in [1.29, 1.82) is 0 Å². The number of halogens is 1. The number of hydrogen-bond acceptors (Lipinski definition) is 5. The molecule has 0 aliphatic heterocycles. The lowest BCUT2D eigenvalue weighted by molar-refractivity contribution is -0.122. The summed E-state index contributed by atoms with van der Waals surface area (Å²) in [5.74, 6) is 0.777. The zero-order valence-corrected chi connectivity index (χ0v) is 11.5. The molecular formula is C14H11ClN4O2. The maximum atomic E-state index is 8.36. The maximum absolute atomic E-state index is 8.36. The zero-order chi connectivity index (χ0) is 15.1. The van der Waals surface area contributed by atoms with Crippen molar-refractivity contribution in [3.05, 3.63) is 54.2 Å². The molecule has 0 atom stereocenters. The van der Waals surface area contributed by atoms with Crippen molar-refractivity contribution in [3.8, 4) is 0 Å². The molecule has 3 rings (SSSR count). The number of hydrogen-bond donors (Lipinski definition) is 2. The fourth-order valence-corrected chi connectivity index (χ4v) is 1.83. The van der Waals surface area contributed by atoms with Gasteiger partial charge in [-0.25, -0.2) is 15.0 Å². The van der Waals surface area contributed by atoms with Crippen LogP contribution >= 0.6 is 11.6 Å². The number of nitrogens with zero attached hydrogens (tertiary/aromatic N) is 3. The van der Waals surface area contributed by atoms with E-state index >= 15 is 0 Å². The van der Waals surface area contributed by atoms with Crippen LogP contribution in [0.2, 0.25) is 5.28 Å². The molecule has 0 aliphatic carbocycles. The molecule has 0 saturated heterocycles. The number of anilines is 2. The summed E-state index contributed by atoms with van der Waals surface area (Å²) in [5, 5.41) is 12.5. The standard InChI is InChI=1S/C13H9ClN4.CH2O2/c14-13-16-7-10(8-17-13)18-12-11-4-2-1-3-9(11)5-6-15-12;2-1-3/h1-8H,(H,15,18);1H,(H,2,3). The topological polar surface area (TPSA) is 88.0 Å². The van der Waals surface area contributed by atoms with Gasteiger partial charge in [0.2, 0.25) is 5.28 Å². The minimum atomic E-state index is -0.250. The zero-order valence-electron chi connectivity index (χ0n) is 10.8. The summed E-state index contributed by atoms with van der Waals surface area (Å²) in [6.07, 6.45) is 5.01. The van der Waals surface area contributed by atoms with Crippen molar-refractivity contribution in [3.63, 3.8) is 0 Å². The van der Waals surface area contributed by atoms with Crippen LogP contribution in [0.5, 0.6) is 0 Å². The summed E-state index contributed by atoms with van der Waals surface area (Å²) in [6, 6.07) is 10.0. The molecule has 21 heavy (non-hydrogen) atoms. The Morgan fingerprint density at radius 1 is 1.10 bits per heavy atom. The van der Waals surface area contributed by atoms with Crippen LogP contribution in [0.15, 0.2) is 48.9 Å². The second-order valence-electron chi connectivity index (χ2n) is 3.85. The van der Waals surface area contributed by atoms with E-state index in [-0.39, 0.29) is 11.8 Å². The van der Waals surface area contributed by atoms with E-state index in [1.807, 2.05) is 30.3 Å². The quantitative estimate of drug-likeness (QED) is 0.558. The van der Waals surface area contributed by atoms with Crippen molar-refractivity contribution in [2.75, 3.05) is 5.32 Å². The highest BCUT2D eigenvalue weighted by atomic mass is 35.5. The van der Waals surface area contributed by atoms with Gasteiger partial charge in [0.1, 0.15) is 5.82 Å². The first-order valence-corrected chi connectivity index (χ1v) is 6.28. The molecule has 7 heteroatoms. The number of fused-ring (bicyclic) bond motifs is 1. The van der Waals surface area contributed by atoms with Crippen molar-refractivity contribution in [1.82, 2.24) is 15.0 Å². The first-order valence-electron chi connectivity index (χ1n) is 5.91. The third-order valence-electron chi connectivity index (χ3n) is 2.56. The normalized spacial score (nSPS) is 9.57. The van der Waals surface area contributed by atoms with Gasteiger partial charge in [-0.05, 0) is 23.1 Å². The van der Waals surface area contributed by atoms with Gasteiger partial charge in [-0.1, -0.05) is 24.3 Å². The fraction of sp³-hybridized carbons (Fsp3) is 0. The van der Waals surface area contributed by atoms with Gasteiger partial charge in [-0.3, -0.25) is 4.79 Å². The predicted molar refractivity (Wildman–Crippen MR) is 80.8 cm³/mol. The second-order valence-corrected chi connectivity index (χ2v) is 4.19. The van der Waals surface area contributed by atoms with Crippen molar-refractivity contribution < 1.29 is 9.90 Å². The Labute approximate surface area is 125 Å². The molecule has 0 amide bonds. The van der Waals surface area contributed by atoms with Gasteiger partial charge in [0.15, 0.2) is 0 Å². The van der Waals surface area contributed by atoms with Crippen LogP contribution in [0.3, 0.4) is 0 Å². The van der Waals surface area contributed by atoms with E-state index in [0.29, 0.717) is 0 Å². The molecule has 0 fully saturated rings. The van der Waals surface area contributed by atoms with E-state index in [1.165, 1.54) is 0 Å². The average molecular weight is 303 g/mol. The minimum Gasteiger partial charge on any atom is -0.483 e. The highest BCUT2D eigenvalue weighted by Gasteiger charge is 2.02.